The van der Waals surface area contributed by atoms with Crippen LogP contribution in [0.3, 0.4) is 0 Å². The summed E-state index contributed by atoms with van der Waals surface area (Å²) in [6.07, 6.45) is 2.43. The standard InChI is InChI=1S/C23H25NO2Si/c1-23(2,3)27(21-10-6-4-7-11-21,22-12-8-5-9-13-22)26-18-19-14-15-24-20(16-19)17-25/h4-17H,18H2,1-3H3. The summed E-state index contributed by atoms with van der Waals surface area (Å²) in [7, 11) is -2.57. The Morgan fingerprint density at radius 3 is 1.96 bits per heavy atom. The van der Waals surface area contributed by atoms with Crippen LogP contribution in [0.15, 0.2) is 79.0 Å². The van der Waals surface area contributed by atoms with E-state index in [9.17, 15) is 4.79 Å². The molecule has 0 unspecified atom stereocenters. The van der Waals surface area contributed by atoms with Crippen molar-refractivity contribution in [2.45, 2.75) is 32.4 Å². The van der Waals surface area contributed by atoms with Crippen LogP contribution in [0.1, 0.15) is 36.8 Å². The van der Waals surface area contributed by atoms with E-state index in [-0.39, 0.29) is 5.04 Å². The van der Waals surface area contributed by atoms with Crippen LogP contribution in [-0.2, 0) is 11.0 Å². The minimum absolute atomic E-state index is 0.0732. The zero-order chi connectivity index (χ0) is 19.3. The Kier molecular flexibility index (Phi) is 5.68. The predicted molar refractivity (Wildman–Crippen MR) is 112 cm³/mol. The van der Waals surface area contributed by atoms with Crippen LogP contribution in [0.5, 0.6) is 0 Å². The maximum atomic E-state index is 11.1. The number of hydrogen-bond acceptors (Lipinski definition) is 3. The van der Waals surface area contributed by atoms with Gasteiger partial charge in [-0.2, -0.15) is 0 Å². The zero-order valence-electron chi connectivity index (χ0n) is 16.1. The van der Waals surface area contributed by atoms with Gasteiger partial charge in [0.2, 0.25) is 0 Å². The third kappa shape index (κ3) is 3.92. The molecule has 0 spiro atoms. The molecule has 1 heterocycles. The third-order valence-corrected chi connectivity index (χ3v) is 9.82. The molecule has 138 valence electrons. The molecule has 0 aliphatic heterocycles. The molecular formula is C23H25NO2Si. The van der Waals surface area contributed by atoms with Crippen LogP contribution < -0.4 is 10.4 Å². The number of aromatic nitrogens is 1. The highest BCUT2D eigenvalue weighted by molar-refractivity contribution is 6.99. The fourth-order valence-corrected chi connectivity index (χ4v) is 8.14. The van der Waals surface area contributed by atoms with Gasteiger partial charge in [0.25, 0.3) is 8.32 Å². The van der Waals surface area contributed by atoms with Crippen molar-refractivity contribution in [3.05, 3.63) is 90.3 Å². The van der Waals surface area contributed by atoms with Crippen molar-refractivity contribution in [1.82, 2.24) is 4.98 Å². The fraction of sp³-hybridized carbons (Fsp3) is 0.217. The number of carbonyl (C=O) groups excluding carboxylic acids is 1. The number of carbonyl (C=O) groups is 1. The van der Waals surface area contributed by atoms with Crippen LogP contribution in [0.2, 0.25) is 5.04 Å². The van der Waals surface area contributed by atoms with Gasteiger partial charge in [0.15, 0.2) is 6.29 Å². The summed E-state index contributed by atoms with van der Waals surface area (Å²) in [4.78, 5) is 15.1. The second-order valence-corrected chi connectivity index (χ2v) is 12.0. The third-order valence-electron chi connectivity index (χ3n) is 4.84. The summed E-state index contributed by atoms with van der Waals surface area (Å²) < 4.78 is 6.85. The zero-order valence-corrected chi connectivity index (χ0v) is 17.1. The van der Waals surface area contributed by atoms with Crippen LogP contribution in [0.25, 0.3) is 0 Å². The van der Waals surface area contributed by atoms with Gasteiger partial charge in [0.1, 0.15) is 5.69 Å². The van der Waals surface area contributed by atoms with E-state index in [1.807, 2.05) is 18.2 Å². The topological polar surface area (TPSA) is 39.2 Å². The lowest BCUT2D eigenvalue weighted by Gasteiger charge is -2.43. The monoisotopic (exact) mass is 375 g/mol. The van der Waals surface area contributed by atoms with Gasteiger partial charge in [-0.1, -0.05) is 81.4 Å². The summed E-state index contributed by atoms with van der Waals surface area (Å²) in [5.74, 6) is 0. The van der Waals surface area contributed by atoms with Crippen molar-refractivity contribution >= 4 is 25.0 Å². The molecule has 3 rings (SSSR count). The first kappa shape index (κ1) is 19.2. The van der Waals surface area contributed by atoms with Crippen molar-refractivity contribution in [3.8, 4) is 0 Å². The largest absolute Gasteiger partial charge is 0.403 e. The Labute approximate surface area is 162 Å². The summed E-state index contributed by atoms with van der Waals surface area (Å²) >= 11 is 0. The van der Waals surface area contributed by atoms with Gasteiger partial charge in [-0.05, 0) is 33.1 Å². The Morgan fingerprint density at radius 2 is 1.48 bits per heavy atom. The first-order valence-electron chi connectivity index (χ1n) is 9.12. The molecule has 0 N–H and O–H groups in total. The van der Waals surface area contributed by atoms with E-state index in [2.05, 4.69) is 74.3 Å². The minimum Gasteiger partial charge on any atom is -0.403 e. The SMILES string of the molecule is CC(C)(C)[Si](OCc1ccnc(C=O)c1)(c1ccccc1)c1ccccc1. The lowest BCUT2D eigenvalue weighted by atomic mass is 10.2. The molecular weight excluding hydrogens is 350 g/mol. The number of aldehydes is 1. The molecule has 0 fully saturated rings. The van der Waals surface area contributed by atoms with E-state index in [1.54, 1.807) is 12.3 Å². The molecule has 0 aliphatic rings. The van der Waals surface area contributed by atoms with Crippen LogP contribution in [0.4, 0.5) is 0 Å². The summed E-state index contributed by atoms with van der Waals surface area (Å²) in [6, 6.07) is 24.8. The van der Waals surface area contributed by atoms with Crippen molar-refractivity contribution in [2.75, 3.05) is 0 Å². The minimum atomic E-state index is -2.57. The van der Waals surface area contributed by atoms with Crippen LogP contribution >= 0.6 is 0 Å². The van der Waals surface area contributed by atoms with E-state index in [4.69, 9.17) is 4.43 Å². The lowest BCUT2D eigenvalue weighted by molar-refractivity contribution is 0.111. The lowest BCUT2D eigenvalue weighted by Crippen LogP contribution is -2.66. The first-order chi connectivity index (χ1) is 13.0. The smallest absolute Gasteiger partial charge is 0.261 e. The van der Waals surface area contributed by atoms with Crippen molar-refractivity contribution < 1.29 is 9.22 Å². The molecule has 0 amide bonds. The highest BCUT2D eigenvalue weighted by Crippen LogP contribution is 2.37. The fourth-order valence-electron chi connectivity index (χ4n) is 3.60. The average Bonchev–Trinajstić information content (AvgIpc) is 2.69. The molecule has 0 radical (unpaired) electrons. The molecule has 3 nitrogen and oxygen atoms in total. The van der Waals surface area contributed by atoms with E-state index >= 15 is 0 Å². The Hall–Kier alpha value is -2.56. The van der Waals surface area contributed by atoms with Gasteiger partial charge in [0.05, 0.1) is 6.61 Å². The summed E-state index contributed by atoms with van der Waals surface area (Å²) in [5, 5.41) is 2.41. The number of pyridine rings is 1. The summed E-state index contributed by atoms with van der Waals surface area (Å²) in [5.41, 5.74) is 1.39. The molecule has 0 bridgehead atoms. The van der Waals surface area contributed by atoms with Gasteiger partial charge in [-0.3, -0.25) is 9.78 Å². The van der Waals surface area contributed by atoms with Crippen molar-refractivity contribution in [3.63, 3.8) is 0 Å². The van der Waals surface area contributed by atoms with Crippen LogP contribution in [-0.4, -0.2) is 19.6 Å². The van der Waals surface area contributed by atoms with Crippen molar-refractivity contribution in [2.24, 2.45) is 0 Å². The van der Waals surface area contributed by atoms with Crippen molar-refractivity contribution in [1.29, 1.82) is 0 Å². The van der Waals surface area contributed by atoms with Gasteiger partial charge in [-0.25, -0.2) is 0 Å². The van der Waals surface area contributed by atoms with E-state index in [1.165, 1.54) is 10.4 Å². The molecule has 0 atom stereocenters. The van der Waals surface area contributed by atoms with Gasteiger partial charge < -0.3 is 4.43 Å². The number of rotatable bonds is 6. The maximum Gasteiger partial charge on any atom is 0.261 e. The highest BCUT2D eigenvalue weighted by Gasteiger charge is 2.50. The molecule has 0 saturated carbocycles. The molecule has 2 aromatic carbocycles. The number of benzene rings is 2. The predicted octanol–water partition coefficient (Wildman–Crippen LogP) is 3.97. The highest BCUT2D eigenvalue weighted by atomic mass is 28.4. The molecule has 0 saturated heterocycles. The molecule has 0 aliphatic carbocycles. The number of nitrogens with zero attached hydrogens (tertiary/aromatic N) is 1. The van der Waals surface area contributed by atoms with Crippen LogP contribution in [0, 0.1) is 0 Å². The second-order valence-electron chi connectivity index (χ2n) is 7.66. The van der Waals surface area contributed by atoms with E-state index in [0.717, 1.165) is 11.8 Å². The first-order valence-corrected chi connectivity index (χ1v) is 11.0. The molecule has 1 aromatic heterocycles. The second kappa shape index (κ2) is 7.99. The van der Waals surface area contributed by atoms with Gasteiger partial charge >= 0.3 is 0 Å². The Balaban J connectivity index is 2.10. The molecule has 3 aromatic rings. The van der Waals surface area contributed by atoms with Gasteiger partial charge in [-0.15, -0.1) is 0 Å². The Bertz CT molecular complexity index is 850. The average molecular weight is 376 g/mol. The van der Waals surface area contributed by atoms with E-state index in [0.29, 0.717) is 12.3 Å². The number of hydrogen-bond donors (Lipinski definition) is 0. The van der Waals surface area contributed by atoms with E-state index < -0.39 is 8.32 Å². The molecule has 27 heavy (non-hydrogen) atoms. The quantitative estimate of drug-likeness (QED) is 0.483. The van der Waals surface area contributed by atoms with Gasteiger partial charge in [0, 0.05) is 6.20 Å². The summed E-state index contributed by atoms with van der Waals surface area (Å²) in [6.45, 7) is 7.20. The Morgan fingerprint density at radius 1 is 0.926 bits per heavy atom. The normalized spacial score (nSPS) is 12.0. The molecule has 4 heteroatoms. The maximum absolute atomic E-state index is 11.1.